The molecule has 8 heteroatoms. The Morgan fingerprint density at radius 3 is 1.61 bits per heavy atom. The lowest BCUT2D eigenvalue weighted by Gasteiger charge is -2.23. The average molecular weight is 392 g/mol. The minimum absolute atomic E-state index is 0.265. The van der Waals surface area contributed by atoms with Crippen molar-refractivity contribution in [3.8, 4) is 0 Å². The number of rotatable bonds is 4. The van der Waals surface area contributed by atoms with Crippen LogP contribution in [0, 0.1) is 0 Å². The van der Waals surface area contributed by atoms with Crippen LogP contribution in [0.4, 0.5) is 11.4 Å². The molecule has 0 radical (unpaired) electrons. The van der Waals surface area contributed by atoms with Crippen LogP contribution in [-0.2, 0) is 9.59 Å². The van der Waals surface area contributed by atoms with Crippen LogP contribution in [-0.4, -0.2) is 11.8 Å². The van der Waals surface area contributed by atoms with Crippen LogP contribution in [0.5, 0.6) is 0 Å². The number of primary amides is 1. The number of hydrogen-bond donors (Lipinski definition) is 1. The second kappa shape index (κ2) is 7.41. The summed E-state index contributed by atoms with van der Waals surface area (Å²) >= 11 is 23.8. The van der Waals surface area contributed by atoms with E-state index in [1.165, 1.54) is 17.0 Å². The van der Waals surface area contributed by atoms with E-state index in [0.29, 0.717) is 21.4 Å². The summed E-state index contributed by atoms with van der Waals surface area (Å²) in [4.78, 5) is 24.8. The Morgan fingerprint density at radius 2 is 1.26 bits per heavy atom. The molecule has 2 aromatic rings. The van der Waals surface area contributed by atoms with E-state index in [4.69, 9.17) is 52.1 Å². The summed E-state index contributed by atoms with van der Waals surface area (Å²) in [5.41, 5.74) is 5.96. The van der Waals surface area contributed by atoms with E-state index in [1.54, 1.807) is 24.3 Å². The zero-order valence-electron chi connectivity index (χ0n) is 11.5. The van der Waals surface area contributed by atoms with Crippen molar-refractivity contribution in [1.29, 1.82) is 0 Å². The first-order chi connectivity index (χ1) is 10.8. The Kier molecular flexibility index (Phi) is 5.76. The van der Waals surface area contributed by atoms with Gasteiger partial charge in [0.05, 0.1) is 31.5 Å². The minimum Gasteiger partial charge on any atom is -0.369 e. The number of anilines is 2. The van der Waals surface area contributed by atoms with Gasteiger partial charge < -0.3 is 5.73 Å². The summed E-state index contributed by atoms with van der Waals surface area (Å²) in [6.45, 7) is 0. The van der Waals surface area contributed by atoms with Gasteiger partial charge in [-0.3, -0.25) is 14.5 Å². The van der Waals surface area contributed by atoms with E-state index < -0.39 is 18.2 Å². The molecule has 0 aromatic heterocycles. The Bertz CT molecular complexity index is 729. The molecule has 2 aromatic carbocycles. The maximum absolute atomic E-state index is 12.4. The van der Waals surface area contributed by atoms with E-state index in [0.717, 1.165) is 0 Å². The first kappa shape index (κ1) is 17.9. The number of halogens is 4. The maximum atomic E-state index is 12.4. The van der Waals surface area contributed by atoms with Gasteiger partial charge in [0.25, 0.3) is 0 Å². The molecule has 0 unspecified atom stereocenters. The summed E-state index contributed by atoms with van der Waals surface area (Å²) in [5.74, 6) is -1.28. The van der Waals surface area contributed by atoms with Crippen molar-refractivity contribution in [3.05, 3.63) is 56.5 Å². The monoisotopic (exact) mass is 390 g/mol. The molecule has 0 fully saturated rings. The summed E-state index contributed by atoms with van der Waals surface area (Å²) < 4.78 is 0. The highest BCUT2D eigenvalue weighted by atomic mass is 35.5. The standard InChI is InChI=1S/C15H10Cl4N2O2/c16-10-3-1-8(5-12(10)18)21(15(23)7-14(20)22)9-2-4-11(17)13(19)6-9/h1-6H,7H2,(H2,20,22). The van der Waals surface area contributed by atoms with Crippen LogP contribution in [0.1, 0.15) is 6.42 Å². The van der Waals surface area contributed by atoms with E-state index in [9.17, 15) is 9.59 Å². The van der Waals surface area contributed by atoms with Crippen molar-refractivity contribution in [2.75, 3.05) is 4.90 Å². The fraction of sp³-hybridized carbons (Fsp3) is 0.0667. The molecule has 4 nitrogen and oxygen atoms in total. The molecule has 0 atom stereocenters. The molecule has 23 heavy (non-hydrogen) atoms. The second-order valence-electron chi connectivity index (χ2n) is 4.57. The van der Waals surface area contributed by atoms with Crippen LogP contribution in [0.25, 0.3) is 0 Å². The Morgan fingerprint density at radius 1 is 0.826 bits per heavy atom. The third kappa shape index (κ3) is 4.30. The highest BCUT2D eigenvalue weighted by molar-refractivity contribution is 6.43. The van der Waals surface area contributed by atoms with E-state index >= 15 is 0 Å². The lowest BCUT2D eigenvalue weighted by molar-refractivity contribution is -0.125. The zero-order chi connectivity index (χ0) is 17.1. The van der Waals surface area contributed by atoms with E-state index in [1.807, 2.05) is 0 Å². The van der Waals surface area contributed by atoms with Gasteiger partial charge in [-0.2, -0.15) is 0 Å². The van der Waals surface area contributed by atoms with Crippen molar-refractivity contribution < 1.29 is 9.59 Å². The Balaban J connectivity index is 2.54. The van der Waals surface area contributed by atoms with Gasteiger partial charge in [0.2, 0.25) is 11.8 Å². The van der Waals surface area contributed by atoms with Crippen molar-refractivity contribution in [2.45, 2.75) is 6.42 Å². The van der Waals surface area contributed by atoms with Crippen LogP contribution < -0.4 is 10.6 Å². The largest absolute Gasteiger partial charge is 0.369 e. The molecule has 0 saturated carbocycles. The summed E-state index contributed by atoms with van der Waals surface area (Å²) in [5, 5.41) is 1.21. The highest BCUT2D eigenvalue weighted by Crippen LogP contribution is 2.34. The molecular formula is C15H10Cl4N2O2. The van der Waals surface area contributed by atoms with E-state index in [-0.39, 0.29) is 10.0 Å². The predicted octanol–water partition coefficient (Wildman–Crippen LogP) is 4.84. The molecule has 0 saturated heterocycles. The third-order valence-electron chi connectivity index (χ3n) is 2.90. The summed E-state index contributed by atoms with van der Waals surface area (Å²) in [6.07, 6.45) is -0.472. The number of hydrogen-bond acceptors (Lipinski definition) is 2. The number of amides is 2. The average Bonchev–Trinajstić information content (AvgIpc) is 2.46. The molecule has 2 rings (SSSR count). The van der Waals surface area contributed by atoms with Crippen LogP contribution in [0.2, 0.25) is 20.1 Å². The Labute approximate surface area is 152 Å². The fourth-order valence-corrected chi connectivity index (χ4v) is 2.50. The number of nitrogens with zero attached hydrogens (tertiary/aromatic N) is 1. The van der Waals surface area contributed by atoms with Gasteiger partial charge in [-0.15, -0.1) is 0 Å². The maximum Gasteiger partial charge on any atom is 0.240 e. The molecule has 0 bridgehead atoms. The summed E-state index contributed by atoms with van der Waals surface area (Å²) in [7, 11) is 0. The van der Waals surface area contributed by atoms with Crippen molar-refractivity contribution in [3.63, 3.8) is 0 Å². The van der Waals surface area contributed by atoms with Gasteiger partial charge in [0.15, 0.2) is 0 Å². The van der Waals surface area contributed by atoms with Gasteiger partial charge >= 0.3 is 0 Å². The number of benzene rings is 2. The number of carbonyl (C=O) groups is 2. The van der Waals surface area contributed by atoms with Gasteiger partial charge in [0.1, 0.15) is 6.42 Å². The molecule has 0 spiro atoms. The molecule has 120 valence electrons. The highest BCUT2D eigenvalue weighted by Gasteiger charge is 2.21. The molecule has 0 aliphatic rings. The second-order valence-corrected chi connectivity index (χ2v) is 6.20. The van der Waals surface area contributed by atoms with Gasteiger partial charge in [-0.05, 0) is 36.4 Å². The first-order valence-electron chi connectivity index (χ1n) is 6.31. The van der Waals surface area contributed by atoms with Crippen LogP contribution in [0.3, 0.4) is 0 Å². The van der Waals surface area contributed by atoms with E-state index in [2.05, 4.69) is 0 Å². The first-order valence-corrected chi connectivity index (χ1v) is 7.82. The van der Waals surface area contributed by atoms with Crippen LogP contribution >= 0.6 is 46.4 Å². The fourth-order valence-electron chi connectivity index (χ4n) is 1.91. The van der Waals surface area contributed by atoms with Gasteiger partial charge in [-0.1, -0.05) is 46.4 Å². The molecule has 2 N–H and O–H groups in total. The lowest BCUT2D eigenvalue weighted by Crippen LogP contribution is -2.30. The smallest absolute Gasteiger partial charge is 0.240 e. The molecule has 2 amide bonds. The van der Waals surface area contributed by atoms with Crippen LogP contribution in [0.15, 0.2) is 36.4 Å². The number of carbonyl (C=O) groups excluding carboxylic acids is 2. The third-order valence-corrected chi connectivity index (χ3v) is 4.38. The molecule has 0 aliphatic heterocycles. The predicted molar refractivity (Wildman–Crippen MR) is 93.9 cm³/mol. The minimum atomic E-state index is -0.750. The SMILES string of the molecule is NC(=O)CC(=O)N(c1ccc(Cl)c(Cl)c1)c1ccc(Cl)c(Cl)c1. The van der Waals surface area contributed by atoms with Crippen molar-refractivity contribution >= 4 is 69.6 Å². The van der Waals surface area contributed by atoms with Gasteiger partial charge in [-0.25, -0.2) is 0 Å². The Hall–Kier alpha value is -1.46. The molecule has 0 heterocycles. The van der Waals surface area contributed by atoms with Crippen molar-refractivity contribution in [1.82, 2.24) is 0 Å². The zero-order valence-corrected chi connectivity index (χ0v) is 14.5. The topological polar surface area (TPSA) is 63.4 Å². The quantitative estimate of drug-likeness (QED) is 0.757. The molecule has 0 aliphatic carbocycles. The molecular weight excluding hydrogens is 382 g/mol. The number of nitrogens with two attached hydrogens (primary N) is 1. The van der Waals surface area contributed by atoms with Gasteiger partial charge in [0, 0.05) is 0 Å². The van der Waals surface area contributed by atoms with Crippen molar-refractivity contribution in [2.24, 2.45) is 5.73 Å². The lowest BCUT2D eigenvalue weighted by atomic mass is 10.2. The summed E-state index contributed by atoms with van der Waals surface area (Å²) in [6, 6.07) is 9.28. The normalized spacial score (nSPS) is 10.4.